The molecule has 0 spiro atoms. The molecule has 2 aliphatic rings. The van der Waals surface area contributed by atoms with E-state index >= 15 is 4.39 Å². The van der Waals surface area contributed by atoms with Gasteiger partial charge >= 0.3 is 10.2 Å². The van der Waals surface area contributed by atoms with E-state index in [9.17, 15) is 21.6 Å². The molecule has 0 radical (unpaired) electrons. The minimum absolute atomic E-state index is 0.0170. The molecule has 1 heterocycles. The second-order valence-electron chi connectivity index (χ2n) is 8.72. The van der Waals surface area contributed by atoms with Crippen molar-refractivity contribution in [3.05, 3.63) is 66.0 Å². The highest BCUT2D eigenvalue weighted by atomic mass is 32.2. The number of ether oxygens (including phenoxy) is 2. The highest BCUT2D eigenvalue weighted by molar-refractivity contribution is 7.92. The average molecular weight is 550 g/mol. The second-order valence-corrected chi connectivity index (χ2v) is 12.4. The Morgan fingerprint density at radius 2 is 1.84 bits per heavy atom. The summed E-state index contributed by atoms with van der Waals surface area (Å²) in [4.78, 5) is 11.9. The van der Waals surface area contributed by atoms with Gasteiger partial charge < -0.3 is 9.47 Å². The Morgan fingerprint density at radius 3 is 2.51 bits per heavy atom. The van der Waals surface area contributed by atoms with Crippen LogP contribution in [0.2, 0.25) is 0 Å². The number of halogens is 1. The highest BCUT2D eigenvalue weighted by Crippen LogP contribution is 2.40. The first-order valence-corrected chi connectivity index (χ1v) is 14.5. The molecule has 0 aromatic heterocycles. The standard InChI is InChI=1S/C24H24FN3O7S2/c25-23-20-13-18(34-11-10-26-36(30,31)19-8-9-19)7-6-17(20)12-21(35-15-16-4-2-1-3-5-16)24(23)28-14-22(29)27-37(28,32)33/h1-7,12-13,19,26H,8-11,14-15H2,(H,27,29). The van der Waals surface area contributed by atoms with Crippen LogP contribution in [0.1, 0.15) is 18.4 Å². The van der Waals surface area contributed by atoms with Crippen molar-refractivity contribution in [2.75, 3.05) is 24.0 Å². The van der Waals surface area contributed by atoms with Gasteiger partial charge in [0.1, 0.15) is 36.9 Å². The molecule has 1 aliphatic carbocycles. The van der Waals surface area contributed by atoms with Gasteiger partial charge in [0.15, 0.2) is 5.82 Å². The Kier molecular flexibility index (Phi) is 6.68. The maximum atomic E-state index is 15.9. The summed E-state index contributed by atoms with van der Waals surface area (Å²) in [6.07, 6.45) is 1.29. The molecular formula is C24H24FN3O7S2. The van der Waals surface area contributed by atoms with Gasteiger partial charge in [0, 0.05) is 11.9 Å². The molecule has 196 valence electrons. The van der Waals surface area contributed by atoms with Crippen LogP contribution in [0.25, 0.3) is 10.8 Å². The summed E-state index contributed by atoms with van der Waals surface area (Å²) < 4.78 is 81.3. The van der Waals surface area contributed by atoms with Crippen molar-refractivity contribution >= 4 is 42.6 Å². The Balaban J connectivity index is 1.44. The predicted octanol–water partition coefficient (Wildman–Crippen LogP) is 2.20. The summed E-state index contributed by atoms with van der Waals surface area (Å²) in [5.41, 5.74) is 0.393. The summed E-state index contributed by atoms with van der Waals surface area (Å²) in [5.74, 6) is -1.48. The maximum Gasteiger partial charge on any atom is 0.326 e. The number of hydrogen-bond donors (Lipinski definition) is 2. The predicted molar refractivity (Wildman–Crippen MR) is 135 cm³/mol. The molecule has 0 bridgehead atoms. The van der Waals surface area contributed by atoms with Crippen molar-refractivity contribution in [1.82, 2.24) is 9.44 Å². The van der Waals surface area contributed by atoms with Crippen molar-refractivity contribution in [2.45, 2.75) is 24.7 Å². The van der Waals surface area contributed by atoms with E-state index in [4.69, 9.17) is 9.47 Å². The van der Waals surface area contributed by atoms with E-state index in [1.54, 1.807) is 12.1 Å². The van der Waals surface area contributed by atoms with Crippen molar-refractivity contribution < 1.29 is 35.5 Å². The van der Waals surface area contributed by atoms with E-state index in [1.807, 2.05) is 35.1 Å². The van der Waals surface area contributed by atoms with Crippen LogP contribution in [0.5, 0.6) is 11.5 Å². The molecule has 13 heteroatoms. The Labute approximate surface area is 213 Å². The molecule has 1 amide bonds. The van der Waals surface area contributed by atoms with E-state index in [-0.39, 0.29) is 41.9 Å². The Hall–Kier alpha value is -3.42. The molecule has 1 saturated carbocycles. The molecule has 3 aromatic rings. The van der Waals surface area contributed by atoms with Gasteiger partial charge in [-0.25, -0.2) is 26.6 Å². The lowest BCUT2D eigenvalue weighted by atomic mass is 10.1. The largest absolute Gasteiger partial charge is 0.492 e. The van der Waals surface area contributed by atoms with Gasteiger partial charge in [-0.05, 0) is 42.0 Å². The fourth-order valence-electron chi connectivity index (χ4n) is 3.96. The molecule has 0 unspecified atom stereocenters. The topological polar surface area (TPSA) is 131 Å². The molecule has 1 aliphatic heterocycles. The maximum absolute atomic E-state index is 15.9. The summed E-state index contributed by atoms with van der Waals surface area (Å²) in [6.45, 7) is -0.477. The van der Waals surface area contributed by atoms with Crippen molar-refractivity contribution in [2.24, 2.45) is 0 Å². The third-order valence-electron chi connectivity index (χ3n) is 5.93. The summed E-state index contributed by atoms with van der Waals surface area (Å²) in [5, 5.41) is 0.122. The van der Waals surface area contributed by atoms with Crippen LogP contribution < -0.4 is 23.2 Å². The molecule has 5 rings (SSSR count). The van der Waals surface area contributed by atoms with E-state index in [2.05, 4.69) is 4.72 Å². The number of nitrogens with zero attached hydrogens (tertiary/aromatic N) is 1. The number of benzene rings is 3. The number of nitrogens with one attached hydrogen (secondary N) is 2. The van der Waals surface area contributed by atoms with Crippen LogP contribution >= 0.6 is 0 Å². The minimum Gasteiger partial charge on any atom is -0.492 e. The summed E-state index contributed by atoms with van der Waals surface area (Å²) in [6, 6.07) is 15.1. The van der Waals surface area contributed by atoms with Crippen LogP contribution in [0, 0.1) is 5.82 Å². The van der Waals surface area contributed by atoms with Gasteiger partial charge in [0.2, 0.25) is 10.0 Å². The summed E-state index contributed by atoms with van der Waals surface area (Å²) in [7, 11) is -7.66. The highest BCUT2D eigenvalue weighted by Gasteiger charge is 2.38. The van der Waals surface area contributed by atoms with E-state index in [0.717, 1.165) is 5.56 Å². The number of anilines is 1. The number of fused-ring (bicyclic) bond motifs is 1. The number of rotatable bonds is 10. The fourth-order valence-corrected chi connectivity index (χ4v) is 6.48. The molecule has 0 atom stereocenters. The van der Waals surface area contributed by atoms with E-state index in [1.165, 1.54) is 12.1 Å². The van der Waals surface area contributed by atoms with Crippen LogP contribution in [0.3, 0.4) is 0 Å². The molecule has 2 fully saturated rings. The number of carbonyl (C=O) groups excluding carboxylic acids is 1. The van der Waals surface area contributed by atoms with Crippen LogP contribution in [0.15, 0.2) is 54.6 Å². The van der Waals surface area contributed by atoms with Gasteiger partial charge in [-0.2, -0.15) is 8.42 Å². The van der Waals surface area contributed by atoms with E-state index in [0.29, 0.717) is 22.5 Å². The zero-order valence-electron chi connectivity index (χ0n) is 19.5. The fraction of sp³-hybridized carbons (Fsp3) is 0.292. The molecule has 1 saturated heterocycles. The number of carbonyl (C=O) groups is 1. The van der Waals surface area contributed by atoms with Crippen LogP contribution in [0.4, 0.5) is 10.1 Å². The third kappa shape index (κ3) is 5.48. The zero-order chi connectivity index (χ0) is 26.2. The lowest BCUT2D eigenvalue weighted by Gasteiger charge is -2.21. The average Bonchev–Trinajstić information content (AvgIpc) is 3.68. The molecular weight excluding hydrogens is 525 g/mol. The first-order valence-electron chi connectivity index (χ1n) is 11.5. The Bertz CT molecular complexity index is 1560. The van der Waals surface area contributed by atoms with Crippen LogP contribution in [-0.2, 0) is 31.6 Å². The van der Waals surface area contributed by atoms with E-state index < -0.39 is 44.2 Å². The summed E-state index contributed by atoms with van der Waals surface area (Å²) >= 11 is 0. The first kappa shape index (κ1) is 25.2. The SMILES string of the molecule is O=C1CN(c2c(OCc3ccccc3)cc3ccc(OCCNS(=O)(=O)C4CC4)cc3c2F)S(=O)(=O)N1. The van der Waals surface area contributed by atoms with Gasteiger partial charge in [-0.3, -0.25) is 4.79 Å². The molecule has 37 heavy (non-hydrogen) atoms. The quantitative estimate of drug-likeness (QED) is 0.371. The van der Waals surface area contributed by atoms with Crippen LogP contribution in [-0.4, -0.2) is 47.7 Å². The third-order valence-corrected chi connectivity index (χ3v) is 9.27. The molecule has 10 nitrogen and oxygen atoms in total. The lowest BCUT2D eigenvalue weighted by molar-refractivity contribution is -0.117. The number of amides is 1. The van der Waals surface area contributed by atoms with Gasteiger partial charge in [-0.15, -0.1) is 0 Å². The van der Waals surface area contributed by atoms with Crippen molar-refractivity contribution in [1.29, 1.82) is 0 Å². The first-order chi connectivity index (χ1) is 17.6. The molecule has 2 N–H and O–H groups in total. The van der Waals surface area contributed by atoms with Gasteiger partial charge in [-0.1, -0.05) is 36.4 Å². The minimum atomic E-state index is -4.31. The number of hydrogen-bond acceptors (Lipinski definition) is 7. The normalized spacial score (nSPS) is 17.1. The van der Waals surface area contributed by atoms with Gasteiger partial charge in [0.05, 0.1) is 5.25 Å². The Morgan fingerprint density at radius 1 is 1.08 bits per heavy atom. The van der Waals surface area contributed by atoms with Gasteiger partial charge in [0.25, 0.3) is 5.91 Å². The smallest absolute Gasteiger partial charge is 0.326 e. The van der Waals surface area contributed by atoms with Crippen molar-refractivity contribution in [3.63, 3.8) is 0 Å². The molecule has 3 aromatic carbocycles. The van der Waals surface area contributed by atoms with Crippen molar-refractivity contribution in [3.8, 4) is 11.5 Å². The number of sulfonamides is 1. The monoisotopic (exact) mass is 549 g/mol. The second kappa shape index (κ2) is 9.80. The zero-order valence-corrected chi connectivity index (χ0v) is 21.1. The lowest BCUT2D eigenvalue weighted by Crippen LogP contribution is -2.31.